The van der Waals surface area contributed by atoms with Gasteiger partial charge in [-0.25, -0.2) is 8.42 Å². The summed E-state index contributed by atoms with van der Waals surface area (Å²) in [4.78, 5) is 12.2. The maximum Gasteiger partial charge on any atom is 0.243 e. The number of rotatable bonds is 7. The fourth-order valence-electron chi connectivity index (χ4n) is 4.92. The lowest BCUT2D eigenvalue weighted by Gasteiger charge is -2.46. The third-order valence-corrected chi connectivity index (χ3v) is 9.13. The topological polar surface area (TPSA) is 75.7 Å². The molecule has 1 atom stereocenters. The van der Waals surface area contributed by atoms with E-state index < -0.39 is 10.0 Å². The van der Waals surface area contributed by atoms with Crippen molar-refractivity contribution in [2.75, 3.05) is 26.2 Å². The van der Waals surface area contributed by atoms with E-state index in [0.29, 0.717) is 29.8 Å². The van der Waals surface area contributed by atoms with Crippen LogP contribution >= 0.6 is 0 Å². The second-order valence-corrected chi connectivity index (χ2v) is 11.8. The number of benzene rings is 1. The van der Waals surface area contributed by atoms with Crippen molar-refractivity contribution in [1.29, 1.82) is 0 Å². The van der Waals surface area contributed by atoms with Crippen molar-refractivity contribution in [1.82, 2.24) is 9.62 Å². The molecule has 2 aliphatic heterocycles. The van der Waals surface area contributed by atoms with Crippen molar-refractivity contribution in [2.45, 2.75) is 75.2 Å². The van der Waals surface area contributed by atoms with Crippen LogP contribution in [-0.2, 0) is 19.6 Å². The minimum absolute atomic E-state index is 0.210. The van der Waals surface area contributed by atoms with Crippen LogP contribution in [0.3, 0.4) is 0 Å². The third-order valence-electron chi connectivity index (χ3n) is 7.21. The quantitative estimate of drug-likeness (QED) is 0.690. The second kappa shape index (κ2) is 9.20. The van der Waals surface area contributed by atoms with Crippen LogP contribution in [0.2, 0.25) is 0 Å². The highest BCUT2D eigenvalue weighted by atomic mass is 32.2. The average molecular weight is 449 g/mol. The maximum absolute atomic E-state index is 13.1. The zero-order chi connectivity index (χ0) is 22.1. The summed E-state index contributed by atoms with van der Waals surface area (Å²) < 4.78 is 34.1. The molecule has 6 nitrogen and oxygen atoms in total. The molecule has 0 radical (unpaired) electrons. The predicted octanol–water partition coefficient (Wildman–Crippen LogP) is 3.68. The number of nitrogens with zero attached hydrogens (tertiary/aromatic N) is 1. The van der Waals surface area contributed by atoms with Crippen molar-refractivity contribution in [2.24, 2.45) is 11.8 Å². The molecule has 3 aliphatic rings. The van der Waals surface area contributed by atoms with Crippen LogP contribution in [0.1, 0.15) is 70.3 Å². The van der Waals surface area contributed by atoms with Crippen molar-refractivity contribution in [3.05, 3.63) is 29.8 Å². The van der Waals surface area contributed by atoms with Crippen LogP contribution in [0.4, 0.5) is 0 Å². The number of ether oxygens (including phenoxy) is 1. The summed E-state index contributed by atoms with van der Waals surface area (Å²) in [6.45, 7) is 6.67. The molecule has 1 aliphatic carbocycles. The highest BCUT2D eigenvalue weighted by Gasteiger charge is 2.42. The number of hydrogen-bond acceptors (Lipinski definition) is 4. The van der Waals surface area contributed by atoms with E-state index in [1.165, 1.54) is 0 Å². The van der Waals surface area contributed by atoms with E-state index in [2.05, 4.69) is 19.2 Å². The Hall–Kier alpha value is -1.44. The van der Waals surface area contributed by atoms with E-state index in [4.69, 9.17) is 4.74 Å². The number of hydrogen-bond donors (Lipinski definition) is 1. The lowest BCUT2D eigenvalue weighted by atomic mass is 9.79. The SMILES string of the molecule is CC(C)c1ccc(S(=O)(=O)N2CCC3(CC2)CC(CCNC(=O)C2CC2)CCO3)cc1. The van der Waals surface area contributed by atoms with E-state index >= 15 is 0 Å². The van der Waals surface area contributed by atoms with Crippen molar-refractivity contribution in [3.63, 3.8) is 0 Å². The molecule has 1 saturated carbocycles. The summed E-state index contributed by atoms with van der Waals surface area (Å²) in [5, 5.41) is 3.07. The molecule has 0 bridgehead atoms. The molecular weight excluding hydrogens is 412 g/mol. The van der Waals surface area contributed by atoms with Gasteiger partial charge in [0.15, 0.2) is 0 Å². The molecule has 1 spiro atoms. The second-order valence-electron chi connectivity index (χ2n) is 9.87. The molecule has 1 N–H and O–H groups in total. The summed E-state index contributed by atoms with van der Waals surface area (Å²) in [7, 11) is -3.47. The van der Waals surface area contributed by atoms with Gasteiger partial charge >= 0.3 is 0 Å². The largest absolute Gasteiger partial charge is 0.375 e. The Morgan fingerprint density at radius 3 is 2.45 bits per heavy atom. The Kier molecular flexibility index (Phi) is 6.75. The van der Waals surface area contributed by atoms with E-state index in [-0.39, 0.29) is 17.4 Å². The molecule has 3 fully saturated rings. The molecule has 1 aromatic carbocycles. The Morgan fingerprint density at radius 1 is 1.16 bits per heavy atom. The first-order valence-corrected chi connectivity index (χ1v) is 13.2. The standard InChI is InChI=1S/C24H36N2O4S/c1-18(2)20-5-7-22(8-6-20)31(28,29)26-14-11-24(12-15-26)17-19(10-16-30-24)9-13-25-23(27)21-3-4-21/h5-8,18-19,21H,3-4,9-17H2,1-2H3,(H,25,27). The first kappa shape index (κ1) is 22.7. The maximum atomic E-state index is 13.1. The molecule has 2 saturated heterocycles. The number of carbonyl (C=O) groups excluding carboxylic acids is 1. The fraction of sp³-hybridized carbons (Fsp3) is 0.708. The van der Waals surface area contributed by atoms with Gasteiger partial charge in [0.1, 0.15) is 0 Å². The minimum Gasteiger partial charge on any atom is -0.375 e. The van der Waals surface area contributed by atoms with Crippen LogP contribution in [0.15, 0.2) is 29.2 Å². The Morgan fingerprint density at radius 2 is 1.84 bits per heavy atom. The Labute approximate surface area is 186 Å². The van der Waals surface area contributed by atoms with E-state index in [9.17, 15) is 13.2 Å². The van der Waals surface area contributed by atoms with Gasteiger partial charge in [-0.15, -0.1) is 0 Å². The molecule has 7 heteroatoms. The molecule has 0 aromatic heterocycles. The minimum atomic E-state index is -3.47. The van der Waals surface area contributed by atoms with Crippen LogP contribution in [0, 0.1) is 11.8 Å². The number of piperidine rings is 1. The average Bonchev–Trinajstić information content (AvgIpc) is 3.60. The molecular formula is C24H36N2O4S. The fourth-order valence-corrected chi connectivity index (χ4v) is 6.36. The van der Waals surface area contributed by atoms with Gasteiger partial charge in [-0.2, -0.15) is 4.31 Å². The lowest BCUT2D eigenvalue weighted by Crippen LogP contribution is -2.50. The number of nitrogens with one attached hydrogen (secondary N) is 1. The van der Waals surface area contributed by atoms with Crippen molar-refractivity contribution < 1.29 is 17.9 Å². The van der Waals surface area contributed by atoms with Crippen LogP contribution in [0.25, 0.3) is 0 Å². The number of sulfonamides is 1. The monoisotopic (exact) mass is 448 g/mol. The van der Waals surface area contributed by atoms with E-state index in [1.807, 2.05) is 12.1 Å². The van der Waals surface area contributed by atoms with E-state index in [0.717, 1.165) is 63.7 Å². The summed E-state index contributed by atoms with van der Waals surface area (Å²) in [5.74, 6) is 1.38. The van der Waals surface area contributed by atoms with Gasteiger partial charge in [-0.05, 0) is 74.5 Å². The van der Waals surface area contributed by atoms with Crippen molar-refractivity contribution >= 4 is 15.9 Å². The summed E-state index contributed by atoms with van der Waals surface area (Å²) >= 11 is 0. The Bertz CT molecular complexity index is 869. The van der Waals surface area contributed by atoms with Gasteiger partial charge in [0.25, 0.3) is 0 Å². The normalized spacial score (nSPS) is 24.4. The Balaban J connectivity index is 1.30. The highest BCUT2D eigenvalue weighted by molar-refractivity contribution is 7.89. The van der Waals surface area contributed by atoms with Crippen LogP contribution < -0.4 is 5.32 Å². The predicted molar refractivity (Wildman–Crippen MR) is 120 cm³/mol. The van der Waals surface area contributed by atoms with Gasteiger partial charge in [0.2, 0.25) is 15.9 Å². The van der Waals surface area contributed by atoms with E-state index in [1.54, 1.807) is 16.4 Å². The first-order valence-electron chi connectivity index (χ1n) is 11.8. The number of carbonyl (C=O) groups is 1. The summed E-state index contributed by atoms with van der Waals surface area (Å²) in [5.41, 5.74) is 0.934. The summed E-state index contributed by atoms with van der Waals surface area (Å²) in [6.07, 6.45) is 6.51. The smallest absolute Gasteiger partial charge is 0.243 e. The molecule has 172 valence electrons. The van der Waals surface area contributed by atoms with Crippen LogP contribution in [-0.4, -0.2) is 50.5 Å². The van der Waals surface area contributed by atoms with Gasteiger partial charge in [0.05, 0.1) is 10.5 Å². The molecule has 1 unspecified atom stereocenters. The van der Waals surface area contributed by atoms with Gasteiger partial charge in [-0.3, -0.25) is 4.79 Å². The molecule has 31 heavy (non-hydrogen) atoms. The number of amides is 1. The lowest BCUT2D eigenvalue weighted by molar-refractivity contribution is -0.124. The zero-order valence-electron chi connectivity index (χ0n) is 18.8. The van der Waals surface area contributed by atoms with Gasteiger partial charge < -0.3 is 10.1 Å². The third kappa shape index (κ3) is 5.32. The first-order chi connectivity index (χ1) is 14.8. The molecule has 2 heterocycles. The van der Waals surface area contributed by atoms with Crippen molar-refractivity contribution in [3.8, 4) is 0 Å². The zero-order valence-corrected chi connectivity index (χ0v) is 19.6. The highest BCUT2D eigenvalue weighted by Crippen LogP contribution is 2.40. The molecule has 1 aromatic rings. The molecule has 1 amide bonds. The van der Waals surface area contributed by atoms with Gasteiger partial charge in [-0.1, -0.05) is 26.0 Å². The molecule has 4 rings (SSSR count). The van der Waals surface area contributed by atoms with Crippen LogP contribution in [0.5, 0.6) is 0 Å². The van der Waals surface area contributed by atoms with Gasteiger partial charge in [0, 0.05) is 32.2 Å². The summed E-state index contributed by atoms with van der Waals surface area (Å²) in [6, 6.07) is 7.30.